The minimum absolute atomic E-state index is 0. The van der Waals surface area contributed by atoms with Gasteiger partial charge in [-0.25, -0.2) is 16.3 Å². The van der Waals surface area contributed by atoms with Crippen LogP contribution >= 0.6 is 0 Å². The van der Waals surface area contributed by atoms with Crippen LogP contribution in [-0.4, -0.2) is 55.1 Å². The molecule has 6 rings (SSSR count). The van der Waals surface area contributed by atoms with E-state index >= 15 is 0 Å². The van der Waals surface area contributed by atoms with Gasteiger partial charge >= 0.3 is 0 Å². The molecule has 0 bridgehead atoms. The second-order valence-electron chi connectivity index (χ2n) is 18.3. The largest absolute Gasteiger partial charge is 0.307 e. The first-order valence-corrected chi connectivity index (χ1v) is 19.6. The maximum absolute atomic E-state index is 12.4. The first-order chi connectivity index (χ1) is 25.2. The molecule has 1 radical (unpaired) electrons. The molecular weight excluding hydrogens is 831 g/mol. The summed E-state index contributed by atoms with van der Waals surface area (Å²) in [6.07, 6.45) is 0. The van der Waals surface area contributed by atoms with Crippen molar-refractivity contribution < 1.29 is 53.0 Å². The van der Waals surface area contributed by atoms with Gasteiger partial charge in [0.25, 0.3) is 0 Å². The molecular formula is C45H66N6O3Tb. The Labute approximate surface area is 362 Å². The number of hydrogen-bond acceptors (Lipinski definition) is 9. The summed E-state index contributed by atoms with van der Waals surface area (Å²) in [4.78, 5) is 37.2. The van der Waals surface area contributed by atoms with Crippen LogP contribution in [0.5, 0.6) is 0 Å². The van der Waals surface area contributed by atoms with Gasteiger partial charge in [-0.15, -0.1) is 0 Å². The first kappa shape index (κ1) is 46.6. The zero-order chi connectivity index (χ0) is 40.0. The summed E-state index contributed by atoms with van der Waals surface area (Å²) < 4.78 is 0. The van der Waals surface area contributed by atoms with E-state index < -0.39 is 0 Å². The molecule has 10 heteroatoms. The quantitative estimate of drug-likeness (QED) is 0.229. The van der Waals surface area contributed by atoms with Gasteiger partial charge < -0.3 is 15.0 Å². The van der Waals surface area contributed by atoms with Gasteiger partial charge in [0, 0.05) is 92.6 Å². The van der Waals surface area contributed by atoms with Gasteiger partial charge in [0.05, 0.1) is 34.8 Å². The molecule has 3 saturated heterocycles. The van der Waals surface area contributed by atoms with E-state index in [0.29, 0.717) is 17.3 Å². The van der Waals surface area contributed by atoms with E-state index in [1.54, 1.807) is 0 Å². The van der Waals surface area contributed by atoms with Gasteiger partial charge in [-0.3, -0.25) is 14.4 Å². The molecule has 3 aliphatic rings. The standard InChI is InChI=1S/3C15H22N2O.Tb/c3*1-11-13(14(18)15(2,3)4)10-17(16-11)12-8-6-5-7-9-12;/h3*5-9,11,13,16H,10H2,1-4H3;. The average molecular weight is 898 g/mol. The van der Waals surface area contributed by atoms with Crippen LogP contribution in [0.4, 0.5) is 17.1 Å². The Hall–Kier alpha value is -2.76. The molecule has 3 aromatic rings. The summed E-state index contributed by atoms with van der Waals surface area (Å²) in [6.45, 7) is 26.4. The minimum atomic E-state index is -0.271. The number of nitrogens with zero attached hydrogens (tertiary/aromatic N) is 3. The fourth-order valence-corrected chi connectivity index (χ4v) is 7.19. The number of ketones is 3. The normalized spacial score (nSPS) is 23.9. The van der Waals surface area contributed by atoms with Crippen LogP contribution in [-0.2, 0) is 14.4 Å². The van der Waals surface area contributed by atoms with Gasteiger partial charge in [0.15, 0.2) is 0 Å². The molecule has 0 spiro atoms. The van der Waals surface area contributed by atoms with Crippen molar-refractivity contribution in [2.45, 2.75) is 101 Å². The molecule has 303 valence electrons. The van der Waals surface area contributed by atoms with Crippen molar-refractivity contribution in [2.24, 2.45) is 34.0 Å². The van der Waals surface area contributed by atoms with E-state index in [-0.39, 0.29) is 90.7 Å². The number of hydrogen-bond donors (Lipinski definition) is 3. The smallest absolute Gasteiger partial charge is 0.144 e. The molecule has 3 heterocycles. The van der Waals surface area contributed by atoms with E-state index in [0.717, 1.165) is 36.7 Å². The third kappa shape index (κ3) is 12.6. The van der Waals surface area contributed by atoms with Crippen LogP contribution in [0.3, 0.4) is 0 Å². The second-order valence-corrected chi connectivity index (χ2v) is 18.3. The monoisotopic (exact) mass is 897 g/mol. The van der Waals surface area contributed by atoms with Crippen molar-refractivity contribution >= 4 is 34.4 Å². The topological polar surface area (TPSA) is 97.0 Å². The number of nitrogens with one attached hydrogen (secondary N) is 3. The van der Waals surface area contributed by atoms with Gasteiger partial charge in [0.1, 0.15) is 17.3 Å². The van der Waals surface area contributed by atoms with Gasteiger partial charge in [0.2, 0.25) is 0 Å². The molecule has 3 aliphatic heterocycles. The first-order valence-electron chi connectivity index (χ1n) is 19.6. The van der Waals surface area contributed by atoms with Crippen molar-refractivity contribution in [2.75, 3.05) is 34.7 Å². The van der Waals surface area contributed by atoms with Crippen molar-refractivity contribution in [1.82, 2.24) is 16.3 Å². The van der Waals surface area contributed by atoms with E-state index in [9.17, 15) is 14.4 Å². The van der Waals surface area contributed by atoms with E-state index in [1.165, 1.54) is 0 Å². The van der Waals surface area contributed by atoms with Crippen LogP contribution in [0, 0.1) is 72.6 Å². The molecule has 6 unspecified atom stereocenters. The molecule has 55 heavy (non-hydrogen) atoms. The maximum atomic E-state index is 12.4. The summed E-state index contributed by atoms with van der Waals surface area (Å²) in [5.74, 6) is 1.18. The number of Topliss-reactive ketones (excluding diaryl/α,β-unsaturated/α-hetero) is 3. The summed E-state index contributed by atoms with van der Waals surface area (Å²) >= 11 is 0. The van der Waals surface area contributed by atoms with Crippen molar-refractivity contribution in [3.63, 3.8) is 0 Å². The molecule has 3 N–H and O–H groups in total. The van der Waals surface area contributed by atoms with E-state index in [4.69, 9.17) is 0 Å². The SMILES string of the molecule is CC1NN(c2ccccc2)CC1C(=O)C(C)(C)C.CC1NN(c2ccccc2)CC1C(=O)C(C)(C)C.CC1NN(c2ccccc2)CC1C(=O)C(C)(C)C.[Tb]. The molecule has 6 atom stereocenters. The zero-order valence-electron chi connectivity index (χ0n) is 35.1. The minimum Gasteiger partial charge on any atom is -0.307 e. The summed E-state index contributed by atoms with van der Waals surface area (Å²) in [5, 5.41) is 6.25. The second kappa shape index (κ2) is 19.6. The average Bonchev–Trinajstić information content (AvgIpc) is 3.83. The van der Waals surface area contributed by atoms with Crippen LogP contribution in [0.1, 0.15) is 83.1 Å². The number of carbonyl (C=O) groups is 3. The van der Waals surface area contributed by atoms with Gasteiger partial charge in [-0.05, 0) is 57.2 Å². The van der Waals surface area contributed by atoms with Gasteiger partial charge in [-0.2, -0.15) is 0 Å². The van der Waals surface area contributed by atoms with Crippen molar-refractivity contribution in [3.8, 4) is 0 Å². The van der Waals surface area contributed by atoms with Crippen molar-refractivity contribution in [1.29, 1.82) is 0 Å². The molecule has 0 aromatic heterocycles. The van der Waals surface area contributed by atoms with Crippen molar-refractivity contribution in [3.05, 3.63) is 91.0 Å². The number of benzene rings is 3. The molecule has 9 nitrogen and oxygen atoms in total. The molecule has 0 aliphatic carbocycles. The Kier molecular flexibility index (Phi) is 16.6. The number of hydrazine groups is 3. The van der Waals surface area contributed by atoms with Crippen LogP contribution in [0.15, 0.2) is 91.0 Å². The fraction of sp³-hybridized carbons (Fsp3) is 0.533. The zero-order valence-corrected chi connectivity index (χ0v) is 37.3. The molecule has 0 saturated carbocycles. The Morgan fingerprint density at radius 2 is 0.636 bits per heavy atom. The fourth-order valence-electron chi connectivity index (χ4n) is 7.19. The predicted molar refractivity (Wildman–Crippen MR) is 223 cm³/mol. The van der Waals surface area contributed by atoms with Crippen LogP contribution in [0.2, 0.25) is 0 Å². The Balaban J connectivity index is 0.000000220. The van der Waals surface area contributed by atoms with Crippen LogP contribution in [0.25, 0.3) is 0 Å². The molecule has 3 fully saturated rings. The van der Waals surface area contributed by atoms with Gasteiger partial charge in [-0.1, -0.05) is 117 Å². The molecule has 3 aromatic carbocycles. The number of anilines is 3. The summed E-state index contributed by atoms with van der Waals surface area (Å²) in [5.41, 5.74) is 12.7. The van der Waals surface area contributed by atoms with E-state index in [1.807, 2.05) is 117 Å². The number of rotatable bonds is 6. The predicted octanol–water partition coefficient (Wildman–Crippen LogP) is 7.89. The Morgan fingerprint density at radius 3 is 0.818 bits per heavy atom. The van der Waals surface area contributed by atoms with E-state index in [2.05, 4.69) is 88.5 Å². The summed E-state index contributed by atoms with van der Waals surface area (Å²) in [6, 6.07) is 31.0. The molecule has 0 amide bonds. The third-order valence-corrected chi connectivity index (χ3v) is 10.5. The van der Waals surface area contributed by atoms with Crippen LogP contribution < -0.4 is 31.3 Å². The maximum Gasteiger partial charge on any atom is 0.144 e. The summed E-state index contributed by atoms with van der Waals surface area (Å²) in [7, 11) is 0. The Morgan fingerprint density at radius 1 is 0.436 bits per heavy atom. The third-order valence-electron chi connectivity index (χ3n) is 10.5. The number of carbonyl (C=O) groups excluding carboxylic acids is 3. The number of para-hydroxylation sites is 3. The Bertz CT molecular complexity index is 1470.